The Bertz CT molecular complexity index is 200. The third kappa shape index (κ3) is 5.14. The molecular weight excluding hydrogens is 219 g/mol. The molecule has 1 saturated heterocycles. The standard InChI is InChI=1S/C10H20F3N3/c1-9(6-14)7-15-2-4-16(5-3-15)8-10(11,12)13/h9H,2-8,14H2,1H3. The lowest BCUT2D eigenvalue weighted by atomic mass is 10.1. The molecule has 1 fully saturated rings. The van der Waals surface area contributed by atoms with Gasteiger partial charge in [0.15, 0.2) is 0 Å². The molecular formula is C10H20F3N3. The van der Waals surface area contributed by atoms with Gasteiger partial charge in [-0.25, -0.2) is 0 Å². The zero-order valence-corrected chi connectivity index (χ0v) is 9.63. The van der Waals surface area contributed by atoms with E-state index in [-0.39, 0.29) is 0 Å². The minimum absolute atomic E-state index is 0.411. The van der Waals surface area contributed by atoms with E-state index in [2.05, 4.69) is 11.8 Å². The average molecular weight is 239 g/mol. The van der Waals surface area contributed by atoms with Crippen LogP contribution in [0.5, 0.6) is 0 Å². The SMILES string of the molecule is CC(CN)CN1CCN(CC(F)(F)F)CC1. The molecule has 3 nitrogen and oxygen atoms in total. The number of nitrogens with two attached hydrogens (primary N) is 1. The van der Waals surface area contributed by atoms with E-state index in [1.54, 1.807) is 0 Å². The highest BCUT2D eigenvalue weighted by molar-refractivity contribution is 4.75. The van der Waals surface area contributed by atoms with Crippen LogP contribution < -0.4 is 5.73 Å². The highest BCUT2D eigenvalue weighted by atomic mass is 19.4. The fourth-order valence-electron chi connectivity index (χ4n) is 1.90. The van der Waals surface area contributed by atoms with Crippen molar-refractivity contribution in [1.82, 2.24) is 9.80 Å². The van der Waals surface area contributed by atoms with Crippen molar-refractivity contribution in [2.45, 2.75) is 13.1 Å². The van der Waals surface area contributed by atoms with Crippen molar-refractivity contribution in [1.29, 1.82) is 0 Å². The maximum atomic E-state index is 12.1. The van der Waals surface area contributed by atoms with Gasteiger partial charge in [-0.3, -0.25) is 4.90 Å². The highest BCUT2D eigenvalue weighted by Gasteiger charge is 2.32. The number of piperazine rings is 1. The molecule has 1 unspecified atom stereocenters. The summed E-state index contributed by atoms with van der Waals surface area (Å²) in [5.41, 5.74) is 5.51. The molecule has 0 aromatic rings. The number of hydrogen-bond donors (Lipinski definition) is 1. The Labute approximate surface area is 94.4 Å². The van der Waals surface area contributed by atoms with Gasteiger partial charge in [0.05, 0.1) is 6.54 Å². The predicted molar refractivity (Wildman–Crippen MR) is 57.2 cm³/mol. The number of nitrogens with zero attached hydrogens (tertiary/aromatic N) is 2. The second-order valence-electron chi connectivity index (χ2n) is 4.53. The maximum absolute atomic E-state index is 12.1. The lowest BCUT2D eigenvalue weighted by molar-refractivity contribution is -0.149. The topological polar surface area (TPSA) is 32.5 Å². The molecule has 1 aliphatic heterocycles. The zero-order chi connectivity index (χ0) is 12.2. The van der Waals surface area contributed by atoms with E-state index in [1.165, 1.54) is 4.90 Å². The van der Waals surface area contributed by atoms with Gasteiger partial charge in [0.25, 0.3) is 0 Å². The van der Waals surface area contributed by atoms with Crippen molar-refractivity contribution < 1.29 is 13.2 Å². The van der Waals surface area contributed by atoms with E-state index in [4.69, 9.17) is 5.73 Å². The van der Waals surface area contributed by atoms with Gasteiger partial charge >= 0.3 is 6.18 Å². The van der Waals surface area contributed by atoms with E-state index in [9.17, 15) is 13.2 Å². The first-order valence-corrected chi connectivity index (χ1v) is 5.62. The Hall–Kier alpha value is -0.330. The summed E-state index contributed by atoms with van der Waals surface area (Å²) in [5.74, 6) is 0.411. The first-order valence-electron chi connectivity index (χ1n) is 5.62. The van der Waals surface area contributed by atoms with Crippen LogP contribution in [-0.2, 0) is 0 Å². The molecule has 0 aromatic carbocycles. The van der Waals surface area contributed by atoms with E-state index in [0.717, 1.165) is 6.54 Å². The van der Waals surface area contributed by atoms with Gasteiger partial charge < -0.3 is 10.6 Å². The average Bonchev–Trinajstić information content (AvgIpc) is 2.18. The molecule has 2 N–H and O–H groups in total. The Morgan fingerprint density at radius 3 is 2.06 bits per heavy atom. The van der Waals surface area contributed by atoms with Gasteiger partial charge in [-0.15, -0.1) is 0 Å². The summed E-state index contributed by atoms with van der Waals surface area (Å²) in [6, 6.07) is 0. The summed E-state index contributed by atoms with van der Waals surface area (Å²) in [5, 5.41) is 0. The molecule has 1 heterocycles. The number of rotatable bonds is 4. The number of hydrogen-bond acceptors (Lipinski definition) is 3. The smallest absolute Gasteiger partial charge is 0.330 e. The van der Waals surface area contributed by atoms with Crippen LogP contribution in [0.3, 0.4) is 0 Å². The largest absolute Gasteiger partial charge is 0.401 e. The molecule has 0 aromatic heterocycles. The molecule has 1 atom stereocenters. The van der Waals surface area contributed by atoms with Crippen molar-refractivity contribution in [3.05, 3.63) is 0 Å². The van der Waals surface area contributed by atoms with Crippen molar-refractivity contribution in [2.75, 3.05) is 45.8 Å². The summed E-state index contributed by atoms with van der Waals surface area (Å²) in [6.07, 6.45) is -4.08. The summed E-state index contributed by atoms with van der Waals surface area (Å²) >= 11 is 0. The van der Waals surface area contributed by atoms with E-state index < -0.39 is 12.7 Å². The molecule has 96 valence electrons. The predicted octanol–water partition coefficient (Wildman–Crippen LogP) is 0.761. The van der Waals surface area contributed by atoms with Crippen molar-refractivity contribution in [3.8, 4) is 0 Å². The molecule has 16 heavy (non-hydrogen) atoms. The van der Waals surface area contributed by atoms with Gasteiger partial charge in [0, 0.05) is 32.7 Å². The van der Waals surface area contributed by atoms with Crippen molar-refractivity contribution in [3.63, 3.8) is 0 Å². The second-order valence-corrected chi connectivity index (χ2v) is 4.53. The summed E-state index contributed by atoms with van der Waals surface area (Å²) in [7, 11) is 0. The van der Waals surface area contributed by atoms with Crippen LogP contribution in [0.25, 0.3) is 0 Å². The Balaban J connectivity index is 2.23. The van der Waals surface area contributed by atoms with Crippen LogP contribution in [-0.4, -0.2) is 61.8 Å². The van der Waals surface area contributed by atoms with Gasteiger partial charge in [0.2, 0.25) is 0 Å². The van der Waals surface area contributed by atoms with Crippen LogP contribution in [0.15, 0.2) is 0 Å². The number of halogens is 3. The molecule has 6 heteroatoms. The van der Waals surface area contributed by atoms with Crippen molar-refractivity contribution >= 4 is 0 Å². The van der Waals surface area contributed by atoms with E-state index >= 15 is 0 Å². The van der Waals surface area contributed by atoms with Crippen LogP contribution >= 0.6 is 0 Å². The minimum atomic E-state index is -4.08. The van der Waals surface area contributed by atoms with Gasteiger partial charge in [-0.2, -0.15) is 13.2 Å². The zero-order valence-electron chi connectivity index (χ0n) is 9.63. The van der Waals surface area contributed by atoms with Gasteiger partial charge in [0.1, 0.15) is 0 Å². The third-order valence-electron chi connectivity index (χ3n) is 2.84. The number of alkyl halides is 3. The van der Waals surface area contributed by atoms with E-state index in [0.29, 0.717) is 38.6 Å². The molecule has 1 aliphatic rings. The minimum Gasteiger partial charge on any atom is -0.330 e. The normalized spacial score (nSPS) is 22.3. The highest BCUT2D eigenvalue weighted by Crippen LogP contribution is 2.17. The van der Waals surface area contributed by atoms with Gasteiger partial charge in [-0.05, 0) is 12.5 Å². The Kier molecular flexibility index (Phi) is 5.01. The fraction of sp³-hybridized carbons (Fsp3) is 1.00. The van der Waals surface area contributed by atoms with Crippen LogP contribution in [0, 0.1) is 5.92 Å². The fourth-order valence-corrected chi connectivity index (χ4v) is 1.90. The van der Waals surface area contributed by atoms with E-state index in [1.807, 2.05) is 0 Å². The Morgan fingerprint density at radius 2 is 1.62 bits per heavy atom. The van der Waals surface area contributed by atoms with Crippen LogP contribution in [0.1, 0.15) is 6.92 Å². The molecule has 0 spiro atoms. The monoisotopic (exact) mass is 239 g/mol. The lowest BCUT2D eigenvalue weighted by Gasteiger charge is -2.36. The Morgan fingerprint density at radius 1 is 1.12 bits per heavy atom. The summed E-state index contributed by atoms with van der Waals surface area (Å²) in [6.45, 7) is 5.20. The summed E-state index contributed by atoms with van der Waals surface area (Å²) in [4.78, 5) is 3.65. The molecule has 0 amide bonds. The van der Waals surface area contributed by atoms with Crippen molar-refractivity contribution in [2.24, 2.45) is 11.7 Å². The quantitative estimate of drug-likeness (QED) is 0.786. The van der Waals surface area contributed by atoms with Gasteiger partial charge in [-0.1, -0.05) is 6.92 Å². The third-order valence-corrected chi connectivity index (χ3v) is 2.84. The second kappa shape index (κ2) is 5.84. The lowest BCUT2D eigenvalue weighted by Crippen LogP contribution is -2.50. The van der Waals surface area contributed by atoms with Crippen LogP contribution in [0.4, 0.5) is 13.2 Å². The molecule has 1 rings (SSSR count). The summed E-state index contributed by atoms with van der Waals surface area (Å²) < 4.78 is 36.4. The first kappa shape index (κ1) is 13.7. The molecule has 0 aliphatic carbocycles. The van der Waals surface area contributed by atoms with Crippen LogP contribution in [0.2, 0.25) is 0 Å². The molecule has 0 saturated carbocycles. The maximum Gasteiger partial charge on any atom is 0.401 e. The first-order chi connectivity index (χ1) is 7.40. The molecule has 0 radical (unpaired) electrons. The molecule has 0 bridgehead atoms.